The van der Waals surface area contributed by atoms with Crippen LogP contribution in [0.4, 0.5) is 0 Å². The average molecular weight is 291 g/mol. The van der Waals surface area contributed by atoms with E-state index in [1.165, 1.54) is 25.7 Å². The summed E-state index contributed by atoms with van der Waals surface area (Å²) in [6, 6.07) is 8.80. The van der Waals surface area contributed by atoms with Crippen molar-refractivity contribution in [3.8, 4) is 0 Å². The molecule has 1 atom stereocenters. The summed E-state index contributed by atoms with van der Waals surface area (Å²) < 4.78 is 0. The van der Waals surface area contributed by atoms with Gasteiger partial charge in [0.15, 0.2) is 0 Å². The van der Waals surface area contributed by atoms with E-state index in [2.05, 4.69) is 36.3 Å². The molecule has 1 aliphatic carbocycles. The van der Waals surface area contributed by atoms with Gasteiger partial charge in [-0.05, 0) is 24.3 Å². The van der Waals surface area contributed by atoms with E-state index in [0.717, 1.165) is 28.2 Å². The van der Waals surface area contributed by atoms with Crippen LogP contribution < -0.4 is 5.32 Å². The fourth-order valence-electron chi connectivity index (χ4n) is 3.38. The van der Waals surface area contributed by atoms with Crippen LogP contribution in [-0.2, 0) is 6.54 Å². The molecule has 0 saturated heterocycles. The largest absolute Gasteiger partial charge is 0.356 e. The topological polar surface area (TPSA) is 27.8 Å². The molecule has 1 fully saturated rings. The molecule has 0 bridgehead atoms. The molecule has 1 aromatic carbocycles. The molecule has 3 rings (SSSR count). The number of para-hydroxylation sites is 1. The summed E-state index contributed by atoms with van der Waals surface area (Å²) in [6.45, 7) is 5.56. The monoisotopic (exact) mass is 290 g/mol. The van der Waals surface area contributed by atoms with Crippen LogP contribution in [0.15, 0.2) is 24.3 Å². The van der Waals surface area contributed by atoms with Crippen molar-refractivity contribution < 1.29 is 0 Å². The summed E-state index contributed by atoms with van der Waals surface area (Å²) in [7, 11) is 0. The zero-order chi connectivity index (χ0) is 14.2. The lowest BCUT2D eigenvalue weighted by atomic mass is 9.73. The van der Waals surface area contributed by atoms with Crippen LogP contribution >= 0.6 is 11.6 Å². The SMILES string of the molecule is CC1(C)CCCCC1NCc1[nH]c2ccccc2c1Cl. The summed E-state index contributed by atoms with van der Waals surface area (Å²) in [5.74, 6) is 0. The van der Waals surface area contributed by atoms with Gasteiger partial charge in [0.05, 0.1) is 5.02 Å². The Bertz CT molecular complexity index is 600. The Labute approximate surface area is 125 Å². The maximum atomic E-state index is 6.47. The summed E-state index contributed by atoms with van der Waals surface area (Å²) in [5, 5.41) is 5.70. The van der Waals surface area contributed by atoms with Crippen LogP contribution in [-0.4, -0.2) is 11.0 Å². The number of nitrogens with one attached hydrogen (secondary N) is 2. The second kappa shape index (κ2) is 5.42. The van der Waals surface area contributed by atoms with Gasteiger partial charge < -0.3 is 10.3 Å². The number of aromatic nitrogens is 1. The molecule has 1 heterocycles. The molecule has 3 heteroatoms. The fourth-order valence-corrected chi connectivity index (χ4v) is 3.66. The number of H-pyrrole nitrogens is 1. The number of fused-ring (bicyclic) bond motifs is 1. The average Bonchev–Trinajstić information content (AvgIpc) is 2.74. The first kappa shape index (κ1) is 14.0. The first-order valence-electron chi connectivity index (χ1n) is 7.56. The molecular weight excluding hydrogens is 268 g/mol. The summed E-state index contributed by atoms with van der Waals surface area (Å²) in [5.41, 5.74) is 2.61. The number of hydrogen-bond acceptors (Lipinski definition) is 1. The Balaban J connectivity index is 1.75. The van der Waals surface area contributed by atoms with E-state index in [1.54, 1.807) is 0 Å². The van der Waals surface area contributed by atoms with Gasteiger partial charge in [0.2, 0.25) is 0 Å². The maximum absolute atomic E-state index is 6.47. The summed E-state index contributed by atoms with van der Waals surface area (Å²) in [4.78, 5) is 3.44. The lowest BCUT2D eigenvalue weighted by Gasteiger charge is -2.39. The van der Waals surface area contributed by atoms with Gasteiger partial charge in [-0.3, -0.25) is 0 Å². The van der Waals surface area contributed by atoms with Crippen molar-refractivity contribution in [1.29, 1.82) is 0 Å². The van der Waals surface area contributed by atoms with Crippen LogP contribution in [0.25, 0.3) is 10.9 Å². The molecule has 108 valence electrons. The third kappa shape index (κ3) is 2.59. The Kier molecular flexibility index (Phi) is 3.78. The highest BCUT2D eigenvalue weighted by Crippen LogP contribution is 2.36. The normalized spacial score (nSPS) is 22.2. The Morgan fingerprint density at radius 3 is 2.85 bits per heavy atom. The van der Waals surface area contributed by atoms with Crippen LogP contribution in [0.2, 0.25) is 5.02 Å². The van der Waals surface area contributed by atoms with Crippen molar-refractivity contribution in [2.75, 3.05) is 0 Å². The van der Waals surface area contributed by atoms with E-state index in [1.807, 2.05) is 12.1 Å². The predicted octanol–water partition coefficient (Wildman–Crippen LogP) is 4.88. The molecule has 1 unspecified atom stereocenters. The molecule has 2 N–H and O–H groups in total. The van der Waals surface area contributed by atoms with Gasteiger partial charge >= 0.3 is 0 Å². The maximum Gasteiger partial charge on any atom is 0.0705 e. The second-order valence-electron chi connectivity index (χ2n) is 6.63. The molecular formula is C17H23ClN2. The minimum Gasteiger partial charge on any atom is -0.356 e. The zero-order valence-electron chi connectivity index (χ0n) is 12.3. The Morgan fingerprint density at radius 1 is 1.30 bits per heavy atom. The van der Waals surface area contributed by atoms with E-state index in [0.29, 0.717) is 11.5 Å². The van der Waals surface area contributed by atoms with E-state index in [9.17, 15) is 0 Å². The molecule has 2 aromatic rings. The molecule has 20 heavy (non-hydrogen) atoms. The smallest absolute Gasteiger partial charge is 0.0705 e. The van der Waals surface area contributed by atoms with Crippen LogP contribution in [0.1, 0.15) is 45.2 Å². The van der Waals surface area contributed by atoms with Gasteiger partial charge in [0, 0.05) is 29.2 Å². The summed E-state index contributed by atoms with van der Waals surface area (Å²) in [6.07, 6.45) is 5.27. The molecule has 1 aromatic heterocycles. The lowest BCUT2D eigenvalue weighted by Crippen LogP contribution is -2.43. The number of aromatic amines is 1. The van der Waals surface area contributed by atoms with Crippen molar-refractivity contribution in [2.45, 2.75) is 52.1 Å². The number of hydrogen-bond donors (Lipinski definition) is 2. The van der Waals surface area contributed by atoms with Gasteiger partial charge in [0.25, 0.3) is 0 Å². The molecule has 0 radical (unpaired) electrons. The minimum absolute atomic E-state index is 0.386. The standard InChI is InChI=1S/C17H23ClN2/c1-17(2)10-6-5-9-15(17)19-11-14-16(18)12-7-3-4-8-13(12)20-14/h3-4,7-8,15,19-20H,5-6,9-11H2,1-2H3. The van der Waals surface area contributed by atoms with E-state index >= 15 is 0 Å². The van der Waals surface area contributed by atoms with Crippen molar-refractivity contribution in [3.63, 3.8) is 0 Å². The van der Waals surface area contributed by atoms with Crippen LogP contribution in [0.3, 0.4) is 0 Å². The van der Waals surface area contributed by atoms with Crippen LogP contribution in [0.5, 0.6) is 0 Å². The van der Waals surface area contributed by atoms with Crippen molar-refractivity contribution in [2.24, 2.45) is 5.41 Å². The van der Waals surface area contributed by atoms with Gasteiger partial charge in [-0.1, -0.05) is 56.5 Å². The highest BCUT2D eigenvalue weighted by Gasteiger charge is 2.31. The van der Waals surface area contributed by atoms with Gasteiger partial charge in [0.1, 0.15) is 0 Å². The molecule has 0 spiro atoms. The molecule has 1 saturated carbocycles. The molecule has 0 aliphatic heterocycles. The van der Waals surface area contributed by atoms with Gasteiger partial charge in [-0.15, -0.1) is 0 Å². The Morgan fingerprint density at radius 2 is 2.10 bits per heavy atom. The number of rotatable bonds is 3. The van der Waals surface area contributed by atoms with E-state index < -0.39 is 0 Å². The van der Waals surface area contributed by atoms with Crippen molar-refractivity contribution >= 4 is 22.5 Å². The number of benzene rings is 1. The molecule has 2 nitrogen and oxygen atoms in total. The highest BCUT2D eigenvalue weighted by molar-refractivity contribution is 6.36. The first-order chi connectivity index (χ1) is 9.58. The van der Waals surface area contributed by atoms with Crippen molar-refractivity contribution in [3.05, 3.63) is 35.0 Å². The van der Waals surface area contributed by atoms with Gasteiger partial charge in [-0.25, -0.2) is 0 Å². The van der Waals surface area contributed by atoms with Gasteiger partial charge in [-0.2, -0.15) is 0 Å². The summed E-state index contributed by atoms with van der Waals surface area (Å²) >= 11 is 6.47. The number of halogens is 1. The lowest BCUT2D eigenvalue weighted by molar-refractivity contribution is 0.166. The molecule has 1 aliphatic rings. The minimum atomic E-state index is 0.386. The highest BCUT2D eigenvalue weighted by atomic mass is 35.5. The fraction of sp³-hybridized carbons (Fsp3) is 0.529. The zero-order valence-corrected chi connectivity index (χ0v) is 13.1. The predicted molar refractivity (Wildman–Crippen MR) is 86.2 cm³/mol. The quantitative estimate of drug-likeness (QED) is 0.828. The third-order valence-corrected chi connectivity index (χ3v) is 5.18. The van der Waals surface area contributed by atoms with Crippen molar-refractivity contribution in [1.82, 2.24) is 10.3 Å². The Hall–Kier alpha value is -0.990. The molecule has 0 amide bonds. The second-order valence-corrected chi connectivity index (χ2v) is 7.01. The van der Waals surface area contributed by atoms with E-state index in [4.69, 9.17) is 11.6 Å². The third-order valence-electron chi connectivity index (χ3n) is 4.75. The first-order valence-corrected chi connectivity index (χ1v) is 7.94. The van der Waals surface area contributed by atoms with E-state index in [-0.39, 0.29) is 0 Å². The van der Waals surface area contributed by atoms with Crippen LogP contribution in [0, 0.1) is 5.41 Å².